The molecule has 0 radical (unpaired) electrons. The molecular weight excluding hydrogens is 284 g/mol. The van der Waals surface area contributed by atoms with Crippen molar-refractivity contribution in [3.63, 3.8) is 0 Å². The lowest BCUT2D eigenvalue weighted by atomic mass is 10.1. The predicted molar refractivity (Wildman–Crippen MR) is 98.6 cm³/mol. The lowest BCUT2D eigenvalue weighted by Gasteiger charge is -2.35. The van der Waals surface area contributed by atoms with Crippen molar-refractivity contribution in [2.75, 3.05) is 20.6 Å². The summed E-state index contributed by atoms with van der Waals surface area (Å²) in [5, 5.41) is 0. The van der Waals surface area contributed by atoms with Gasteiger partial charge in [-0.1, -0.05) is 64.2 Å². The molecule has 1 rings (SSSR count). The van der Waals surface area contributed by atoms with E-state index in [4.69, 9.17) is 0 Å². The number of carbonyl (C=O) groups is 1. The Labute approximate surface area is 142 Å². The van der Waals surface area contributed by atoms with Gasteiger partial charge >= 0.3 is 0 Å². The van der Waals surface area contributed by atoms with Crippen LogP contribution < -0.4 is 0 Å². The fourth-order valence-corrected chi connectivity index (χ4v) is 3.06. The summed E-state index contributed by atoms with van der Waals surface area (Å²) in [7, 11) is 4.11. The summed E-state index contributed by atoms with van der Waals surface area (Å²) in [6.07, 6.45) is 8.60. The number of hydrogen-bond donors (Lipinski definition) is 0. The first-order chi connectivity index (χ1) is 11.1. The molecular formula is C20H34N2O. The molecule has 1 atom stereocenters. The van der Waals surface area contributed by atoms with Gasteiger partial charge in [-0.05, 0) is 39.1 Å². The molecule has 0 heterocycles. The second kappa shape index (κ2) is 11.2. The van der Waals surface area contributed by atoms with Crippen LogP contribution in [0.4, 0.5) is 0 Å². The molecule has 0 spiro atoms. The van der Waals surface area contributed by atoms with Gasteiger partial charge in [-0.3, -0.25) is 9.69 Å². The molecule has 1 aromatic carbocycles. The maximum absolute atomic E-state index is 12.9. The highest BCUT2D eigenvalue weighted by Gasteiger charge is 2.24. The van der Waals surface area contributed by atoms with Crippen molar-refractivity contribution in [3.8, 4) is 0 Å². The van der Waals surface area contributed by atoms with E-state index in [0.29, 0.717) is 0 Å². The molecule has 0 saturated carbocycles. The molecule has 0 aromatic heterocycles. The number of rotatable bonds is 11. The first-order valence-electron chi connectivity index (χ1n) is 9.14. The minimum absolute atomic E-state index is 0.153. The summed E-state index contributed by atoms with van der Waals surface area (Å²) < 4.78 is 0. The third-order valence-corrected chi connectivity index (χ3v) is 4.36. The molecule has 0 fully saturated rings. The second-order valence-corrected chi connectivity index (χ2v) is 6.48. The molecule has 0 saturated heterocycles. The molecule has 1 amide bonds. The summed E-state index contributed by atoms with van der Waals surface area (Å²) >= 11 is 0. The van der Waals surface area contributed by atoms with Crippen LogP contribution in [-0.2, 0) is 0 Å². The summed E-state index contributed by atoms with van der Waals surface area (Å²) in [5.41, 5.74) is 0.791. The maximum atomic E-state index is 12.9. The molecule has 0 bridgehead atoms. The fourth-order valence-electron chi connectivity index (χ4n) is 3.06. The van der Waals surface area contributed by atoms with Gasteiger partial charge in [-0.25, -0.2) is 0 Å². The Balaban J connectivity index is 2.68. The summed E-state index contributed by atoms with van der Waals surface area (Å²) in [4.78, 5) is 17.1. The van der Waals surface area contributed by atoms with Crippen molar-refractivity contribution in [3.05, 3.63) is 35.9 Å². The highest BCUT2D eigenvalue weighted by molar-refractivity contribution is 5.94. The Hall–Kier alpha value is -1.35. The molecule has 23 heavy (non-hydrogen) atoms. The smallest absolute Gasteiger partial charge is 0.255 e. The van der Waals surface area contributed by atoms with Crippen LogP contribution in [0.25, 0.3) is 0 Å². The van der Waals surface area contributed by atoms with Gasteiger partial charge in [0.25, 0.3) is 5.91 Å². The van der Waals surface area contributed by atoms with E-state index in [2.05, 4.69) is 37.7 Å². The van der Waals surface area contributed by atoms with E-state index in [-0.39, 0.29) is 12.1 Å². The zero-order chi connectivity index (χ0) is 17.1. The van der Waals surface area contributed by atoms with Crippen LogP contribution in [0, 0.1) is 0 Å². The third kappa shape index (κ3) is 6.74. The number of amides is 1. The van der Waals surface area contributed by atoms with Crippen LogP contribution in [0.3, 0.4) is 0 Å². The van der Waals surface area contributed by atoms with Gasteiger partial charge in [-0.15, -0.1) is 0 Å². The molecule has 3 nitrogen and oxygen atoms in total. The normalized spacial score (nSPS) is 12.4. The Kier molecular flexibility index (Phi) is 9.61. The Morgan fingerprint density at radius 3 is 2.13 bits per heavy atom. The molecule has 0 aliphatic heterocycles. The van der Waals surface area contributed by atoms with E-state index in [1.807, 2.05) is 30.3 Å². The van der Waals surface area contributed by atoms with E-state index in [9.17, 15) is 4.79 Å². The van der Waals surface area contributed by atoms with E-state index in [1.165, 1.54) is 32.1 Å². The van der Waals surface area contributed by atoms with Gasteiger partial charge < -0.3 is 4.90 Å². The summed E-state index contributed by atoms with van der Waals surface area (Å²) in [6, 6.07) is 9.66. The Bertz CT molecular complexity index is 431. The molecule has 3 heteroatoms. The van der Waals surface area contributed by atoms with Gasteiger partial charge in [0.1, 0.15) is 0 Å². The number of hydrogen-bond acceptors (Lipinski definition) is 2. The minimum Gasteiger partial charge on any atom is -0.323 e. The Morgan fingerprint density at radius 1 is 0.957 bits per heavy atom. The first-order valence-corrected chi connectivity index (χ1v) is 9.14. The average Bonchev–Trinajstić information content (AvgIpc) is 2.56. The quantitative estimate of drug-likeness (QED) is 0.433. The van der Waals surface area contributed by atoms with Crippen molar-refractivity contribution in [2.24, 2.45) is 0 Å². The highest BCUT2D eigenvalue weighted by atomic mass is 16.2. The van der Waals surface area contributed by atoms with Crippen LogP contribution >= 0.6 is 0 Å². The zero-order valence-electron chi connectivity index (χ0n) is 15.4. The third-order valence-electron chi connectivity index (χ3n) is 4.36. The van der Waals surface area contributed by atoms with Crippen LogP contribution in [0.5, 0.6) is 0 Å². The number of nitrogens with zero attached hydrogens (tertiary/aromatic N) is 2. The lowest BCUT2D eigenvalue weighted by Crippen LogP contribution is -2.48. The largest absolute Gasteiger partial charge is 0.323 e. The molecule has 1 aromatic rings. The van der Waals surface area contributed by atoms with Crippen LogP contribution in [0.1, 0.15) is 69.2 Å². The van der Waals surface area contributed by atoms with E-state index < -0.39 is 0 Å². The first kappa shape index (κ1) is 19.7. The van der Waals surface area contributed by atoms with Crippen LogP contribution in [0.2, 0.25) is 0 Å². The van der Waals surface area contributed by atoms with Gasteiger partial charge in [-0.2, -0.15) is 0 Å². The van der Waals surface area contributed by atoms with Crippen molar-refractivity contribution in [2.45, 2.75) is 65.0 Å². The van der Waals surface area contributed by atoms with E-state index in [1.54, 1.807) is 0 Å². The number of benzene rings is 1. The summed E-state index contributed by atoms with van der Waals surface area (Å²) in [6.45, 7) is 5.23. The average molecular weight is 319 g/mol. The highest BCUT2D eigenvalue weighted by Crippen LogP contribution is 2.15. The summed E-state index contributed by atoms with van der Waals surface area (Å²) in [5.74, 6) is 0.153. The Morgan fingerprint density at radius 2 is 1.57 bits per heavy atom. The van der Waals surface area contributed by atoms with Crippen molar-refractivity contribution in [1.29, 1.82) is 0 Å². The molecule has 1 unspecified atom stereocenters. The minimum atomic E-state index is 0.153. The monoisotopic (exact) mass is 318 g/mol. The van der Waals surface area contributed by atoms with Gasteiger partial charge in [0.2, 0.25) is 0 Å². The van der Waals surface area contributed by atoms with Gasteiger partial charge in [0.05, 0.1) is 6.17 Å². The second-order valence-electron chi connectivity index (χ2n) is 6.48. The van der Waals surface area contributed by atoms with Crippen molar-refractivity contribution < 1.29 is 4.79 Å². The molecule has 0 aliphatic carbocycles. The molecule has 130 valence electrons. The lowest BCUT2D eigenvalue weighted by molar-refractivity contribution is 0.0436. The SMILES string of the molecule is CCCCCCCCN(C(=O)c1ccccc1)C(CC)N(C)C. The molecule has 0 N–H and O–H groups in total. The number of unbranched alkanes of at least 4 members (excludes halogenated alkanes) is 5. The van der Waals surface area contributed by atoms with E-state index in [0.717, 1.165) is 24.9 Å². The predicted octanol–water partition coefficient (Wildman–Crippen LogP) is 4.79. The zero-order valence-corrected chi connectivity index (χ0v) is 15.4. The van der Waals surface area contributed by atoms with Crippen LogP contribution in [0.15, 0.2) is 30.3 Å². The standard InChI is InChI=1S/C20H34N2O/c1-5-7-8-9-10-14-17-22(19(6-2)21(3)4)20(23)18-15-12-11-13-16-18/h11-13,15-16,19H,5-10,14,17H2,1-4H3. The maximum Gasteiger partial charge on any atom is 0.255 e. The molecule has 0 aliphatic rings. The fraction of sp³-hybridized carbons (Fsp3) is 0.650. The topological polar surface area (TPSA) is 23.6 Å². The van der Waals surface area contributed by atoms with E-state index >= 15 is 0 Å². The van der Waals surface area contributed by atoms with Gasteiger partial charge in [0, 0.05) is 12.1 Å². The van der Waals surface area contributed by atoms with Crippen molar-refractivity contribution in [1.82, 2.24) is 9.80 Å². The van der Waals surface area contributed by atoms with Crippen molar-refractivity contribution >= 4 is 5.91 Å². The number of carbonyl (C=O) groups excluding carboxylic acids is 1. The van der Waals surface area contributed by atoms with Gasteiger partial charge in [0.15, 0.2) is 0 Å². The van der Waals surface area contributed by atoms with Crippen LogP contribution in [-0.4, -0.2) is 42.5 Å².